The second kappa shape index (κ2) is 5.49. The normalized spacial score (nSPS) is 25.5. The standard InChI is InChI=1S/C16H18FN3O3/c1-21-8-14-12-6-20(7-13(12)14)16-18-15(19-23-16)9-3-10(17)5-11(4-9)22-2/h3-5,12-14H,6-8H2,1-2H3/t12-,13+,14?. The fourth-order valence-corrected chi connectivity index (χ4v) is 3.52. The number of hydrogen-bond donors (Lipinski definition) is 0. The van der Waals surface area contributed by atoms with Crippen LogP contribution in [0.5, 0.6) is 5.75 Å². The fraction of sp³-hybridized carbons (Fsp3) is 0.500. The predicted molar refractivity (Wildman–Crippen MR) is 80.8 cm³/mol. The van der Waals surface area contributed by atoms with Gasteiger partial charge < -0.3 is 18.9 Å². The number of fused-ring (bicyclic) bond motifs is 1. The topological polar surface area (TPSA) is 60.6 Å². The van der Waals surface area contributed by atoms with Crippen molar-refractivity contribution in [1.29, 1.82) is 0 Å². The first-order valence-corrected chi connectivity index (χ1v) is 7.62. The van der Waals surface area contributed by atoms with E-state index in [0.29, 0.717) is 40.9 Å². The molecule has 1 saturated heterocycles. The molecule has 1 aromatic carbocycles. The molecule has 0 radical (unpaired) electrons. The minimum Gasteiger partial charge on any atom is -0.497 e. The van der Waals surface area contributed by atoms with Gasteiger partial charge in [0.25, 0.3) is 0 Å². The van der Waals surface area contributed by atoms with Gasteiger partial charge in [-0.3, -0.25) is 0 Å². The van der Waals surface area contributed by atoms with E-state index in [4.69, 9.17) is 14.0 Å². The van der Waals surface area contributed by atoms with Gasteiger partial charge in [-0.15, -0.1) is 0 Å². The monoisotopic (exact) mass is 319 g/mol. The Bertz CT molecular complexity index is 708. The quantitative estimate of drug-likeness (QED) is 0.842. The minimum absolute atomic E-state index is 0.367. The number of anilines is 1. The van der Waals surface area contributed by atoms with Gasteiger partial charge in [0.15, 0.2) is 0 Å². The molecule has 2 aliphatic rings. The van der Waals surface area contributed by atoms with Gasteiger partial charge in [-0.25, -0.2) is 4.39 Å². The lowest BCUT2D eigenvalue weighted by molar-refractivity contribution is 0.175. The molecule has 2 fully saturated rings. The average Bonchev–Trinajstić information content (AvgIpc) is 2.98. The summed E-state index contributed by atoms with van der Waals surface area (Å²) in [5.74, 6) is 2.36. The summed E-state index contributed by atoms with van der Waals surface area (Å²) >= 11 is 0. The number of piperidine rings is 1. The van der Waals surface area contributed by atoms with Crippen LogP contribution in [0.4, 0.5) is 10.4 Å². The van der Waals surface area contributed by atoms with Crippen LogP contribution in [0, 0.1) is 23.6 Å². The number of rotatable bonds is 5. The SMILES string of the molecule is COCC1[C@H]2CN(c3nc(-c4cc(F)cc(OC)c4)no3)C[C@@H]12. The van der Waals surface area contributed by atoms with Gasteiger partial charge in [-0.1, -0.05) is 5.16 Å². The summed E-state index contributed by atoms with van der Waals surface area (Å²) in [6, 6.07) is 4.86. The Hall–Kier alpha value is -2.15. The highest BCUT2D eigenvalue weighted by atomic mass is 19.1. The van der Waals surface area contributed by atoms with Crippen molar-refractivity contribution in [2.75, 3.05) is 38.8 Å². The Labute approximate surface area is 133 Å². The molecule has 0 bridgehead atoms. The zero-order valence-electron chi connectivity index (χ0n) is 13.0. The summed E-state index contributed by atoms with van der Waals surface area (Å²) in [6.07, 6.45) is 0. The van der Waals surface area contributed by atoms with Crippen LogP contribution in [0.1, 0.15) is 0 Å². The lowest BCUT2D eigenvalue weighted by atomic mass is 10.2. The van der Waals surface area contributed by atoms with E-state index < -0.39 is 5.82 Å². The minimum atomic E-state index is -0.393. The summed E-state index contributed by atoms with van der Waals surface area (Å²) in [4.78, 5) is 6.49. The van der Waals surface area contributed by atoms with Crippen LogP contribution in [0.2, 0.25) is 0 Å². The second-order valence-corrected chi connectivity index (χ2v) is 6.13. The molecule has 1 aliphatic heterocycles. The first-order chi connectivity index (χ1) is 11.2. The zero-order chi connectivity index (χ0) is 16.0. The van der Waals surface area contributed by atoms with Crippen molar-refractivity contribution >= 4 is 6.01 Å². The van der Waals surface area contributed by atoms with Gasteiger partial charge >= 0.3 is 6.01 Å². The second-order valence-electron chi connectivity index (χ2n) is 6.13. The number of methoxy groups -OCH3 is 2. The lowest BCUT2D eigenvalue weighted by Crippen LogP contribution is -2.25. The third-order valence-corrected chi connectivity index (χ3v) is 4.78. The lowest BCUT2D eigenvalue weighted by Gasteiger charge is -2.16. The maximum Gasteiger partial charge on any atom is 0.324 e. The first-order valence-electron chi connectivity index (χ1n) is 7.62. The highest BCUT2D eigenvalue weighted by Crippen LogP contribution is 2.52. The van der Waals surface area contributed by atoms with Crippen molar-refractivity contribution in [3.05, 3.63) is 24.0 Å². The van der Waals surface area contributed by atoms with Crippen molar-refractivity contribution < 1.29 is 18.4 Å². The van der Waals surface area contributed by atoms with Crippen LogP contribution in [-0.2, 0) is 4.74 Å². The number of nitrogens with zero attached hydrogens (tertiary/aromatic N) is 3. The summed E-state index contributed by atoms with van der Waals surface area (Å²) in [6.45, 7) is 2.64. The molecule has 23 heavy (non-hydrogen) atoms. The molecule has 122 valence electrons. The number of ether oxygens (including phenoxy) is 2. The number of aromatic nitrogens is 2. The average molecular weight is 319 g/mol. The molecule has 7 heteroatoms. The van der Waals surface area contributed by atoms with Crippen molar-refractivity contribution in [3.63, 3.8) is 0 Å². The van der Waals surface area contributed by atoms with Gasteiger partial charge in [-0.2, -0.15) is 4.98 Å². The summed E-state index contributed by atoms with van der Waals surface area (Å²) in [7, 11) is 3.23. The van der Waals surface area contributed by atoms with E-state index in [1.807, 2.05) is 0 Å². The summed E-state index contributed by atoms with van der Waals surface area (Å²) in [5.41, 5.74) is 0.540. The van der Waals surface area contributed by atoms with Gasteiger partial charge in [0.2, 0.25) is 5.82 Å². The summed E-state index contributed by atoms with van der Waals surface area (Å²) < 4.78 is 29.2. The van der Waals surface area contributed by atoms with Crippen LogP contribution >= 0.6 is 0 Å². The van der Waals surface area contributed by atoms with Crippen molar-refractivity contribution in [2.24, 2.45) is 17.8 Å². The molecule has 6 nitrogen and oxygen atoms in total. The molecule has 4 rings (SSSR count). The molecule has 2 aromatic rings. The predicted octanol–water partition coefficient (Wildman–Crippen LogP) is 2.21. The van der Waals surface area contributed by atoms with E-state index in [0.717, 1.165) is 19.7 Å². The molecule has 1 unspecified atom stereocenters. The Morgan fingerprint density at radius 3 is 2.74 bits per heavy atom. The molecule has 2 heterocycles. The Balaban J connectivity index is 1.49. The third kappa shape index (κ3) is 2.55. The van der Waals surface area contributed by atoms with Crippen LogP contribution in [0.3, 0.4) is 0 Å². The van der Waals surface area contributed by atoms with Crippen LogP contribution < -0.4 is 9.64 Å². The van der Waals surface area contributed by atoms with Crippen LogP contribution in [-0.4, -0.2) is 44.1 Å². The Kier molecular flexibility index (Phi) is 3.45. The molecule has 0 amide bonds. The van der Waals surface area contributed by atoms with Crippen LogP contribution in [0.25, 0.3) is 11.4 Å². The van der Waals surface area contributed by atoms with Gasteiger partial charge in [0.05, 0.1) is 7.11 Å². The van der Waals surface area contributed by atoms with Crippen molar-refractivity contribution in [1.82, 2.24) is 10.1 Å². The van der Waals surface area contributed by atoms with E-state index in [1.54, 1.807) is 13.2 Å². The maximum atomic E-state index is 13.6. The van der Waals surface area contributed by atoms with Gasteiger partial charge in [0.1, 0.15) is 11.6 Å². The molecule has 3 atom stereocenters. The number of halogens is 1. The molecular formula is C16H18FN3O3. The summed E-state index contributed by atoms with van der Waals surface area (Å²) in [5, 5.41) is 3.97. The van der Waals surface area contributed by atoms with E-state index >= 15 is 0 Å². The maximum absolute atomic E-state index is 13.6. The van der Waals surface area contributed by atoms with Gasteiger partial charge in [0, 0.05) is 38.4 Å². The molecule has 0 spiro atoms. The first kappa shape index (κ1) is 14.4. The smallest absolute Gasteiger partial charge is 0.324 e. The Morgan fingerprint density at radius 2 is 2.04 bits per heavy atom. The number of hydrogen-bond acceptors (Lipinski definition) is 6. The van der Waals surface area contributed by atoms with Crippen molar-refractivity contribution in [2.45, 2.75) is 0 Å². The Morgan fingerprint density at radius 1 is 1.26 bits per heavy atom. The third-order valence-electron chi connectivity index (χ3n) is 4.78. The van der Waals surface area contributed by atoms with E-state index in [1.165, 1.54) is 19.2 Å². The largest absolute Gasteiger partial charge is 0.497 e. The van der Waals surface area contributed by atoms with E-state index in [9.17, 15) is 4.39 Å². The molecule has 0 N–H and O–H groups in total. The molecule has 1 aromatic heterocycles. The molecule has 1 saturated carbocycles. The van der Waals surface area contributed by atoms with Gasteiger partial charge in [-0.05, 0) is 29.9 Å². The highest BCUT2D eigenvalue weighted by Gasteiger charge is 2.56. The van der Waals surface area contributed by atoms with E-state index in [2.05, 4.69) is 15.0 Å². The number of benzene rings is 1. The highest BCUT2D eigenvalue weighted by molar-refractivity contribution is 5.58. The molecular weight excluding hydrogens is 301 g/mol. The molecule has 1 aliphatic carbocycles. The fourth-order valence-electron chi connectivity index (χ4n) is 3.52. The van der Waals surface area contributed by atoms with Crippen molar-refractivity contribution in [3.8, 4) is 17.1 Å². The van der Waals surface area contributed by atoms with Crippen LogP contribution in [0.15, 0.2) is 22.7 Å². The van der Waals surface area contributed by atoms with E-state index in [-0.39, 0.29) is 0 Å². The zero-order valence-corrected chi connectivity index (χ0v) is 13.0.